The summed E-state index contributed by atoms with van der Waals surface area (Å²) in [5.74, 6) is 1.46. The van der Waals surface area contributed by atoms with Crippen molar-refractivity contribution in [3.8, 4) is 11.5 Å². The molecule has 0 aliphatic rings. The normalized spacial score (nSPS) is 10.4. The van der Waals surface area contributed by atoms with Crippen LogP contribution < -0.4 is 10.1 Å². The summed E-state index contributed by atoms with van der Waals surface area (Å²) in [6.07, 6.45) is 1.71. The van der Waals surface area contributed by atoms with Gasteiger partial charge >= 0.3 is 0 Å². The summed E-state index contributed by atoms with van der Waals surface area (Å²) in [4.78, 5) is 4.20. The number of ether oxygens (including phenoxy) is 1. The third-order valence-corrected chi connectivity index (χ3v) is 2.90. The first-order valence-electron chi connectivity index (χ1n) is 5.73. The Bertz CT molecular complexity index is 526. The zero-order valence-electron chi connectivity index (χ0n) is 10.4. The molecule has 0 aliphatic heterocycles. The predicted octanol–water partition coefficient (Wildman–Crippen LogP) is 3.56. The molecule has 1 N–H and O–H groups in total. The van der Waals surface area contributed by atoms with E-state index in [2.05, 4.69) is 10.3 Å². The second-order valence-electron chi connectivity index (χ2n) is 3.98. The first-order valence-corrected chi connectivity index (χ1v) is 6.11. The van der Waals surface area contributed by atoms with Gasteiger partial charge < -0.3 is 10.1 Å². The second-order valence-corrected chi connectivity index (χ2v) is 4.39. The van der Waals surface area contributed by atoms with Gasteiger partial charge in [0, 0.05) is 22.8 Å². The number of nitrogens with zero attached hydrogens (tertiary/aromatic N) is 1. The van der Waals surface area contributed by atoms with Crippen molar-refractivity contribution in [3.05, 3.63) is 52.8 Å². The minimum Gasteiger partial charge on any atom is -0.455 e. The van der Waals surface area contributed by atoms with Crippen LogP contribution in [0, 0.1) is 6.92 Å². The lowest BCUT2D eigenvalue weighted by Gasteiger charge is -2.12. The quantitative estimate of drug-likeness (QED) is 0.915. The summed E-state index contributed by atoms with van der Waals surface area (Å²) >= 11 is 6.16. The maximum absolute atomic E-state index is 6.16. The van der Waals surface area contributed by atoms with E-state index in [9.17, 15) is 0 Å². The fraction of sp³-hybridized carbons (Fsp3) is 0.214. The second kappa shape index (κ2) is 5.85. The van der Waals surface area contributed by atoms with Gasteiger partial charge in [0.15, 0.2) is 0 Å². The molecule has 1 aromatic carbocycles. The average molecular weight is 263 g/mol. The standard InChI is InChI=1S/C14H15ClN2O/c1-10-6-7-11(8-17-10)18-14-5-3-4-13(15)12(14)9-16-2/h3-8,16H,9H2,1-2H3. The van der Waals surface area contributed by atoms with Crippen molar-refractivity contribution in [2.24, 2.45) is 0 Å². The van der Waals surface area contributed by atoms with Crippen LogP contribution in [0.25, 0.3) is 0 Å². The Labute approximate surface area is 112 Å². The third-order valence-electron chi connectivity index (χ3n) is 2.54. The lowest BCUT2D eigenvalue weighted by atomic mass is 10.2. The molecule has 2 aromatic rings. The molecule has 4 heteroatoms. The monoisotopic (exact) mass is 262 g/mol. The summed E-state index contributed by atoms with van der Waals surface area (Å²) in [5.41, 5.74) is 1.91. The van der Waals surface area contributed by atoms with Crippen LogP contribution in [0.5, 0.6) is 11.5 Å². The zero-order chi connectivity index (χ0) is 13.0. The molecule has 0 amide bonds. The van der Waals surface area contributed by atoms with Crippen LogP contribution in [0.15, 0.2) is 36.5 Å². The van der Waals surface area contributed by atoms with Gasteiger partial charge in [-0.05, 0) is 38.2 Å². The summed E-state index contributed by atoms with van der Waals surface area (Å²) in [6.45, 7) is 2.60. The van der Waals surface area contributed by atoms with Crippen molar-refractivity contribution >= 4 is 11.6 Å². The van der Waals surface area contributed by atoms with E-state index >= 15 is 0 Å². The van der Waals surface area contributed by atoms with Crippen LogP contribution in [0.1, 0.15) is 11.3 Å². The van der Waals surface area contributed by atoms with Crippen LogP contribution in [0.3, 0.4) is 0 Å². The van der Waals surface area contributed by atoms with Crippen LogP contribution in [-0.2, 0) is 6.54 Å². The third kappa shape index (κ3) is 3.00. The summed E-state index contributed by atoms with van der Waals surface area (Å²) in [5, 5.41) is 3.78. The molecule has 0 fully saturated rings. The Morgan fingerprint density at radius 3 is 2.78 bits per heavy atom. The van der Waals surface area contributed by atoms with E-state index in [4.69, 9.17) is 16.3 Å². The summed E-state index contributed by atoms with van der Waals surface area (Å²) < 4.78 is 5.81. The van der Waals surface area contributed by atoms with Crippen LogP contribution >= 0.6 is 11.6 Å². The molecule has 2 rings (SSSR count). The molecule has 18 heavy (non-hydrogen) atoms. The number of hydrogen-bond donors (Lipinski definition) is 1. The highest BCUT2D eigenvalue weighted by Gasteiger charge is 2.08. The van der Waals surface area contributed by atoms with Gasteiger partial charge in [0.1, 0.15) is 11.5 Å². The molecule has 3 nitrogen and oxygen atoms in total. The Hall–Kier alpha value is -1.58. The van der Waals surface area contributed by atoms with Gasteiger partial charge in [0.05, 0.1) is 6.20 Å². The van der Waals surface area contributed by atoms with E-state index in [0.717, 1.165) is 17.0 Å². The molecule has 0 saturated heterocycles. The largest absolute Gasteiger partial charge is 0.455 e. The summed E-state index contributed by atoms with van der Waals surface area (Å²) in [7, 11) is 1.88. The van der Waals surface area contributed by atoms with E-state index in [-0.39, 0.29) is 0 Å². The minimum atomic E-state index is 0.661. The molecule has 0 spiro atoms. The molecule has 94 valence electrons. The van der Waals surface area contributed by atoms with Crippen LogP contribution in [-0.4, -0.2) is 12.0 Å². The Kier molecular flexibility index (Phi) is 4.18. The topological polar surface area (TPSA) is 34.1 Å². The number of aromatic nitrogens is 1. The van der Waals surface area contributed by atoms with E-state index in [0.29, 0.717) is 17.3 Å². The first-order chi connectivity index (χ1) is 8.70. The molecule has 0 bridgehead atoms. The maximum Gasteiger partial charge on any atom is 0.145 e. The van der Waals surface area contributed by atoms with Gasteiger partial charge in [0.25, 0.3) is 0 Å². The zero-order valence-corrected chi connectivity index (χ0v) is 11.2. The highest BCUT2D eigenvalue weighted by molar-refractivity contribution is 6.31. The van der Waals surface area contributed by atoms with Gasteiger partial charge in [-0.1, -0.05) is 17.7 Å². The van der Waals surface area contributed by atoms with Crippen LogP contribution in [0.2, 0.25) is 5.02 Å². The Morgan fingerprint density at radius 1 is 1.28 bits per heavy atom. The number of benzene rings is 1. The van der Waals surface area contributed by atoms with E-state index in [1.165, 1.54) is 0 Å². The first kappa shape index (κ1) is 12.9. The average Bonchev–Trinajstić information content (AvgIpc) is 2.36. The Morgan fingerprint density at radius 2 is 2.11 bits per heavy atom. The molecular formula is C14H15ClN2O. The van der Waals surface area contributed by atoms with Crippen molar-refractivity contribution in [1.29, 1.82) is 0 Å². The molecule has 1 aromatic heterocycles. The number of nitrogens with one attached hydrogen (secondary N) is 1. The van der Waals surface area contributed by atoms with Crippen molar-refractivity contribution in [1.82, 2.24) is 10.3 Å². The molecule has 0 radical (unpaired) electrons. The van der Waals surface area contributed by atoms with Crippen molar-refractivity contribution < 1.29 is 4.74 Å². The van der Waals surface area contributed by atoms with E-state index in [1.54, 1.807) is 6.20 Å². The SMILES string of the molecule is CNCc1c(Cl)cccc1Oc1ccc(C)nc1. The Balaban J connectivity index is 2.28. The fourth-order valence-electron chi connectivity index (χ4n) is 1.62. The predicted molar refractivity (Wildman–Crippen MR) is 73.3 cm³/mol. The molecule has 0 saturated carbocycles. The number of halogens is 1. The van der Waals surface area contributed by atoms with Crippen LogP contribution in [0.4, 0.5) is 0 Å². The van der Waals surface area contributed by atoms with Gasteiger partial charge in [-0.25, -0.2) is 0 Å². The van der Waals surface area contributed by atoms with Gasteiger partial charge in [-0.15, -0.1) is 0 Å². The molecule has 0 atom stereocenters. The molecule has 1 heterocycles. The van der Waals surface area contributed by atoms with E-state index < -0.39 is 0 Å². The van der Waals surface area contributed by atoms with E-state index in [1.807, 2.05) is 44.3 Å². The van der Waals surface area contributed by atoms with Crippen molar-refractivity contribution in [2.75, 3.05) is 7.05 Å². The highest BCUT2D eigenvalue weighted by Crippen LogP contribution is 2.30. The molecule has 0 aliphatic carbocycles. The van der Waals surface area contributed by atoms with Gasteiger partial charge in [0.2, 0.25) is 0 Å². The summed E-state index contributed by atoms with van der Waals surface area (Å²) in [6, 6.07) is 9.44. The minimum absolute atomic E-state index is 0.661. The number of rotatable bonds is 4. The fourth-order valence-corrected chi connectivity index (χ4v) is 1.86. The number of aryl methyl sites for hydroxylation is 1. The molecular weight excluding hydrogens is 248 g/mol. The number of pyridine rings is 1. The smallest absolute Gasteiger partial charge is 0.145 e. The van der Waals surface area contributed by atoms with Gasteiger partial charge in [-0.2, -0.15) is 0 Å². The maximum atomic E-state index is 6.16. The van der Waals surface area contributed by atoms with Crippen molar-refractivity contribution in [2.45, 2.75) is 13.5 Å². The molecule has 0 unspecified atom stereocenters. The van der Waals surface area contributed by atoms with Gasteiger partial charge in [-0.3, -0.25) is 4.98 Å². The lowest BCUT2D eigenvalue weighted by molar-refractivity contribution is 0.472. The number of hydrogen-bond acceptors (Lipinski definition) is 3. The lowest BCUT2D eigenvalue weighted by Crippen LogP contribution is -2.07. The van der Waals surface area contributed by atoms with Crippen molar-refractivity contribution in [3.63, 3.8) is 0 Å². The highest BCUT2D eigenvalue weighted by atomic mass is 35.5.